The molecule has 0 atom stereocenters. The molecule has 0 bridgehead atoms. The highest BCUT2D eigenvalue weighted by Gasteiger charge is 2.24. The third-order valence-corrected chi connectivity index (χ3v) is 5.79. The van der Waals surface area contributed by atoms with Crippen LogP contribution in [0.1, 0.15) is 25.0 Å². The van der Waals surface area contributed by atoms with Crippen molar-refractivity contribution < 1.29 is 18.9 Å². The lowest BCUT2D eigenvalue weighted by molar-refractivity contribution is 0.174. The van der Waals surface area contributed by atoms with Crippen LogP contribution < -0.4 is 24.4 Å². The molecule has 2 aromatic carbocycles. The molecule has 0 saturated carbocycles. The van der Waals surface area contributed by atoms with Crippen molar-refractivity contribution in [1.82, 2.24) is 4.57 Å². The first-order valence-corrected chi connectivity index (χ1v) is 10.7. The lowest BCUT2D eigenvalue weighted by Crippen LogP contribution is -2.28. The summed E-state index contributed by atoms with van der Waals surface area (Å²) >= 11 is 0. The molecule has 5 rings (SSSR count). The molecule has 162 valence electrons. The number of aryl methyl sites for hydroxylation is 1. The summed E-state index contributed by atoms with van der Waals surface area (Å²) in [6.07, 6.45) is 0.750. The molecule has 1 N–H and O–H groups in total. The average molecular weight is 429 g/mol. The van der Waals surface area contributed by atoms with Crippen molar-refractivity contribution in [3.63, 3.8) is 0 Å². The third-order valence-electron chi connectivity index (χ3n) is 5.79. The van der Waals surface area contributed by atoms with E-state index in [9.17, 15) is 5.26 Å². The van der Waals surface area contributed by atoms with Crippen LogP contribution in [0.5, 0.6) is 23.0 Å². The van der Waals surface area contributed by atoms with E-state index in [1.807, 2.05) is 54.8 Å². The summed E-state index contributed by atoms with van der Waals surface area (Å²) in [6, 6.07) is 13.8. The Morgan fingerprint density at radius 3 is 2.50 bits per heavy atom. The van der Waals surface area contributed by atoms with Crippen LogP contribution >= 0.6 is 0 Å². The van der Waals surface area contributed by atoms with E-state index in [1.165, 1.54) is 0 Å². The zero-order valence-corrected chi connectivity index (χ0v) is 18.0. The molecule has 7 heteroatoms. The fourth-order valence-electron chi connectivity index (χ4n) is 4.35. The van der Waals surface area contributed by atoms with Gasteiger partial charge in [-0.3, -0.25) is 5.41 Å². The van der Waals surface area contributed by atoms with Gasteiger partial charge in [-0.05, 0) is 61.7 Å². The number of hydrogen-bond donors (Lipinski definition) is 1. The average Bonchev–Trinajstić information content (AvgIpc) is 3.27. The fourth-order valence-corrected chi connectivity index (χ4v) is 4.35. The second kappa shape index (κ2) is 7.97. The van der Waals surface area contributed by atoms with Crippen molar-refractivity contribution in [3.05, 3.63) is 53.0 Å². The van der Waals surface area contributed by atoms with Crippen LogP contribution in [-0.2, 0) is 13.0 Å². The van der Waals surface area contributed by atoms with Crippen LogP contribution in [0.3, 0.4) is 0 Å². The van der Waals surface area contributed by atoms with Gasteiger partial charge >= 0.3 is 0 Å². The topological polar surface area (TPSA) is 89.5 Å². The Bertz CT molecular complexity index is 1320. The van der Waals surface area contributed by atoms with E-state index in [1.54, 1.807) is 0 Å². The molecule has 0 radical (unpaired) electrons. The van der Waals surface area contributed by atoms with Gasteiger partial charge in [-0.25, -0.2) is 0 Å². The van der Waals surface area contributed by atoms with Gasteiger partial charge < -0.3 is 23.5 Å². The predicted molar refractivity (Wildman–Crippen MR) is 118 cm³/mol. The minimum absolute atomic E-state index is 0.184. The Labute approximate surface area is 185 Å². The van der Waals surface area contributed by atoms with Crippen molar-refractivity contribution in [3.8, 4) is 51.5 Å². The van der Waals surface area contributed by atoms with E-state index in [4.69, 9.17) is 24.4 Å². The molecule has 2 aliphatic rings. The van der Waals surface area contributed by atoms with Gasteiger partial charge in [0.15, 0.2) is 23.0 Å². The van der Waals surface area contributed by atoms with Gasteiger partial charge in [0.2, 0.25) is 6.79 Å². The molecule has 0 unspecified atom stereocenters. The zero-order valence-electron chi connectivity index (χ0n) is 18.0. The van der Waals surface area contributed by atoms with Crippen LogP contribution in [0.15, 0.2) is 36.4 Å². The number of nitrogens with zero attached hydrogens (tertiary/aromatic N) is 2. The summed E-state index contributed by atoms with van der Waals surface area (Å²) in [5.41, 5.74) is 5.06. The largest absolute Gasteiger partial charge is 0.490 e. The summed E-state index contributed by atoms with van der Waals surface area (Å²) in [7, 11) is 0. The Hall–Kier alpha value is -3.92. The van der Waals surface area contributed by atoms with Gasteiger partial charge in [0.1, 0.15) is 17.1 Å². The number of rotatable bonds is 5. The number of nitriles is 1. The lowest BCUT2D eigenvalue weighted by atomic mass is 9.92. The molecule has 3 heterocycles. The van der Waals surface area contributed by atoms with E-state index < -0.39 is 0 Å². The van der Waals surface area contributed by atoms with E-state index in [2.05, 4.69) is 6.07 Å². The van der Waals surface area contributed by atoms with Crippen LogP contribution in [0.2, 0.25) is 0 Å². The first kappa shape index (κ1) is 20.0. The molecule has 1 aromatic heterocycles. The second-order valence-corrected chi connectivity index (χ2v) is 7.57. The standard InChI is InChI=1S/C25H23N3O4/c1-3-29-23-10-16-7-8-28-20(18(16)12-24(23)30-4-2)11-17(19(13-26)25(28)27)15-5-6-21-22(9-15)32-14-31-21/h5-6,9-12,27H,3-4,7-8,14H2,1-2H3. The van der Waals surface area contributed by atoms with E-state index in [0.717, 1.165) is 34.6 Å². The first-order valence-electron chi connectivity index (χ1n) is 10.7. The fraction of sp³-hybridized carbons (Fsp3) is 0.280. The molecule has 3 aromatic rings. The lowest BCUT2D eigenvalue weighted by Gasteiger charge is -2.26. The summed E-state index contributed by atoms with van der Waals surface area (Å²) in [6.45, 7) is 5.78. The van der Waals surface area contributed by atoms with Crippen molar-refractivity contribution >= 4 is 0 Å². The Morgan fingerprint density at radius 2 is 1.75 bits per heavy atom. The van der Waals surface area contributed by atoms with Crippen LogP contribution in [-0.4, -0.2) is 24.6 Å². The number of fused-ring (bicyclic) bond motifs is 4. The molecule has 7 nitrogen and oxygen atoms in total. The monoisotopic (exact) mass is 429 g/mol. The Kier molecular flexibility index (Phi) is 4.98. The van der Waals surface area contributed by atoms with Crippen molar-refractivity contribution in [2.75, 3.05) is 20.0 Å². The maximum atomic E-state index is 9.88. The van der Waals surface area contributed by atoms with E-state index >= 15 is 0 Å². The quantitative estimate of drug-likeness (QED) is 0.655. The SMILES string of the molecule is CCOc1cc2c(cc1OCC)-c1cc(-c3ccc4c(c3)OCO4)c(C#N)c(=N)n1CC2. The Balaban J connectivity index is 1.72. The first-order chi connectivity index (χ1) is 15.6. The molecule has 2 aliphatic heterocycles. The van der Waals surface area contributed by atoms with Crippen molar-refractivity contribution in [2.45, 2.75) is 26.8 Å². The molecule has 0 amide bonds. The molecule has 0 fully saturated rings. The van der Waals surface area contributed by atoms with E-state index in [0.29, 0.717) is 48.1 Å². The third kappa shape index (κ3) is 3.16. The Morgan fingerprint density at radius 1 is 1.00 bits per heavy atom. The van der Waals surface area contributed by atoms with Crippen molar-refractivity contribution in [1.29, 1.82) is 10.7 Å². The number of nitrogens with one attached hydrogen (secondary N) is 1. The normalized spacial score (nSPS) is 13.2. The number of pyridine rings is 1. The summed E-state index contributed by atoms with van der Waals surface area (Å²) in [4.78, 5) is 0. The highest BCUT2D eigenvalue weighted by Crippen LogP contribution is 2.41. The van der Waals surface area contributed by atoms with Crippen molar-refractivity contribution in [2.24, 2.45) is 0 Å². The van der Waals surface area contributed by atoms with Crippen LogP contribution in [0, 0.1) is 16.7 Å². The van der Waals surface area contributed by atoms with Gasteiger partial charge in [0.05, 0.1) is 18.9 Å². The number of hydrogen-bond acceptors (Lipinski definition) is 6. The zero-order chi connectivity index (χ0) is 22.2. The minimum atomic E-state index is 0.184. The highest BCUT2D eigenvalue weighted by atomic mass is 16.7. The highest BCUT2D eigenvalue weighted by molar-refractivity contribution is 5.79. The second-order valence-electron chi connectivity index (χ2n) is 7.57. The summed E-state index contributed by atoms with van der Waals surface area (Å²) in [5, 5.41) is 18.7. The van der Waals surface area contributed by atoms with Crippen LogP contribution in [0.4, 0.5) is 0 Å². The van der Waals surface area contributed by atoms with Gasteiger partial charge in [-0.1, -0.05) is 6.07 Å². The van der Waals surface area contributed by atoms with Gasteiger partial charge in [-0.15, -0.1) is 0 Å². The van der Waals surface area contributed by atoms with Gasteiger partial charge in [0, 0.05) is 17.7 Å². The smallest absolute Gasteiger partial charge is 0.231 e. The van der Waals surface area contributed by atoms with Gasteiger partial charge in [-0.2, -0.15) is 5.26 Å². The molecule has 0 aliphatic carbocycles. The van der Waals surface area contributed by atoms with Crippen LogP contribution in [0.25, 0.3) is 22.4 Å². The molecular weight excluding hydrogens is 406 g/mol. The summed E-state index contributed by atoms with van der Waals surface area (Å²) < 4.78 is 24.5. The minimum Gasteiger partial charge on any atom is -0.490 e. The predicted octanol–water partition coefficient (Wildman–Crippen LogP) is 4.26. The number of aromatic nitrogens is 1. The van der Waals surface area contributed by atoms with Gasteiger partial charge in [0.25, 0.3) is 0 Å². The maximum Gasteiger partial charge on any atom is 0.231 e. The molecule has 32 heavy (non-hydrogen) atoms. The molecular formula is C25H23N3O4. The number of ether oxygens (including phenoxy) is 4. The summed E-state index contributed by atoms with van der Waals surface area (Å²) in [5.74, 6) is 2.74. The van der Waals surface area contributed by atoms with E-state index in [-0.39, 0.29) is 12.3 Å². The molecule has 0 saturated heterocycles. The number of benzene rings is 2. The maximum absolute atomic E-state index is 9.88. The molecule has 0 spiro atoms.